The maximum atomic E-state index is 13.7. The van der Waals surface area contributed by atoms with Gasteiger partial charge in [-0.05, 0) is 42.7 Å². The van der Waals surface area contributed by atoms with Crippen molar-refractivity contribution in [1.29, 1.82) is 0 Å². The summed E-state index contributed by atoms with van der Waals surface area (Å²) >= 11 is 9.15. The lowest BCUT2D eigenvalue weighted by Crippen LogP contribution is -2.26. The lowest BCUT2D eigenvalue weighted by molar-refractivity contribution is 0.565. The molecule has 1 nitrogen and oxygen atoms in total. The fourth-order valence-electron chi connectivity index (χ4n) is 2.03. The Hall–Kier alpha value is -0.970. The van der Waals surface area contributed by atoms with Crippen LogP contribution in [0.1, 0.15) is 11.1 Å². The Morgan fingerprint density at radius 3 is 2.50 bits per heavy atom. The summed E-state index contributed by atoms with van der Waals surface area (Å²) < 4.78 is 28.1. The average molecular weight is 361 g/mol. The fraction of sp³-hybridized carbons (Fsp3) is 0.200. The summed E-state index contributed by atoms with van der Waals surface area (Å²) in [6, 6.07) is 8.91. The van der Waals surface area contributed by atoms with Crippen molar-refractivity contribution in [2.24, 2.45) is 5.73 Å². The van der Waals surface area contributed by atoms with Crippen LogP contribution in [0.4, 0.5) is 8.78 Å². The quantitative estimate of drug-likeness (QED) is 0.854. The SMILES string of the molecule is NC(Cc1ccc(Br)cc1F)Cc1c(F)cccc1Cl. The largest absolute Gasteiger partial charge is 0.327 e. The summed E-state index contributed by atoms with van der Waals surface area (Å²) in [6.45, 7) is 0. The third-order valence-electron chi connectivity index (χ3n) is 3.03. The van der Waals surface area contributed by atoms with E-state index >= 15 is 0 Å². The molecule has 0 fully saturated rings. The molecular weight excluding hydrogens is 348 g/mol. The highest BCUT2D eigenvalue weighted by Gasteiger charge is 2.14. The van der Waals surface area contributed by atoms with E-state index in [0.29, 0.717) is 27.0 Å². The van der Waals surface area contributed by atoms with Crippen molar-refractivity contribution in [2.45, 2.75) is 18.9 Å². The smallest absolute Gasteiger partial charge is 0.127 e. The van der Waals surface area contributed by atoms with Crippen LogP contribution in [-0.2, 0) is 12.8 Å². The molecule has 0 spiro atoms. The van der Waals surface area contributed by atoms with Gasteiger partial charge in [-0.25, -0.2) is 8.78 Å². The topological polar surface area (TPSA) is 26.0 Å². The van der Waals surface area contributed by atoms with Gasteiger partial charge in [0.15, 0.2) is 0 Å². The standard InChI is InChI=1S/C15H13BrClF2N/c16-10-5-4-9(15(19)7-10)6-11(20)8-12-13(17)2-1-3-14(12)18/h1-5,7,11H,6,8,20H2. The van der Waals surface area contributed by atoms with Crippen LogP contribution in [0.2, 0.25) is 5.02 Å². The van der Waals surface area contributed by atoms with E-state index in [9.17, 15) is 8.78 Å². The second-order valence-electron chi connectivity index (χ2n) is 4.60. The Balaban J connectivity index is 2.11. The van der Waals surface area contributed by atoms with E-state index in [4.69, 9.17) is 17.3 Å². The number of benzene rings is 2. The molecule has 20 heavy (non-hydrogen) atoms. The molecule has 0 saturated heterocycles. The Labute approximate surface area is 129 Å². The second-order valence-corrected chi connectivity index (χ2v) is 5.93. The zero-order chi connectivity index (χ0) is 14.7. The Morgan fingerprint density at radius 1 is 1.10 bits per heavy atom. The summed E-state index contributed by atoms with van der Waals surface area (Å²) in [5.41, 5.74) is 6.86. The maximum absolute atomic E-state index is 13.7. The van der Waals surface area contributed by atoms with Crippen molar-refractivity contribution in [1.82, 2.24) is 0 Å². The van der Waals surface area contributed by atoms with Crippen LogP contribution in [0.3, 0.4) is 0 Å². The Bertz CT molecular complexity index is 599. The number of hydrogen-bond acceptors (Lipinski definition) is 1. The van der Waals surface area contributed by atoms with Gasteiger partial charge in [0.05, 0.1) is 0 Å². The van der Waals surface area contributed by atoms with Crippen molar-refractivity contribution in [3.05, 3.63) is 68.7 Å². The Kier molecular flexibility index (Phi) is 5.13. The summed E-state index contributed by atoms with van der Waals surface area (Å²) in [5.74, 6) is -0.710. The minimum atomic E-state index is -0.403. The van der Waals surface area contributed by atoms with Crippen LogP contribution in [0.25, 0.3) is 0 Å². The van der Waals surface area contributed by atoms with E-state index in [2.05, 4.69) is 15.9 Å². The maximum Gasteiger partial charge on any atom is 0.127 e. The molecule has 0 bridgehead atoms. The molecule has 2 aromatic carbocycles. The summed E-state index contributed by atoms with van der Waals surface area (Å²) in [5, 5.41) is 0.344. The number of nitrogens with two attached hydrogens (primary N) is 1. The highest BCUT2D eigenvalue weighted by Crippen LogP contribution is 2.22. The molecule has 0 heterocycles. The third-order valence-corrected chi connectivity index (χ3v) is 3.87. The molecule has 0 aliphatic rings. The molecule has 0 amide bonds. The lowest BCUT2D eigenvalue weighted by Gasteiger charge is -2.14. The molecule has 0 aliphatic carbocycles. The predicted octanol–water partition coefficient (Wildman–Crippen LogP) is 4.49. The van der Waals surface area contributed by atoms with Gasteiger partial charge in [-0.1, -0.05) is 39.7 Å². The fourth-order valence-corrected chi connectivity index (χ4v) is 2.60. The first-order valence-corrected chi connectivity index (χ1v) is 7.27. The molecule has 5 heteroatoms. The van der Waals surface area contributed by atoms with Crippen molar-refractivity contribution in [2.75, 3.05) is 0 Å². The van der Waals surface area contributed by atoms with Crippen LogP contribution >= 0.6 is 27.5 Å². The van der Waals surface area contributed by atoms with Crippen molar-refractivity contribution in [3.63, 3.8) is 0 Å². The highest BCUT2D eigenvalue weighted by atomic mass is 79.9. The molecule has 2 rings (SSSR count). The molecule has 0 radical (unpaired) electrons. The Morgan fingerprint density at radius 2 is 1.85 bits per heavy atom. The molecule has 0 aromatic heterocycles. The molecule has 1 unspecified atom stereocenters. The average Bonchev–Trinajstić information content (AvgIpc) is 2.37. The molecule has 106 valence electrons. The van der Waals surface area contributed by atoms with Gasteiger partial charge in [0.2, 0.25) is 0 Å². The molecule has 1 atom stereocenters. The minimum Gasteiger partial charge on any atom is -0.327 e. The van der Waals surface area contributed by atoms with Crippen molar-refractivity contribution >= 4 is 27.5 Å². The van der Waals surface area contributed by atoms with Crippen LogP contribution in [-0.4, -0.2) is 6.04 Å². The summed E-state index contributed by atoms with van der Waals surface area (Å²) in [7, 11) is 0. The normalized spacial score (nSPS) is 12.4. The number of hydrogen-bond donors (Lipinski definition) is 1. The minimum absolute atomic E-state index is 0.265. The van der Waals surface area contributed by atoms with E-state index in [-0.39, 0.29) is 18.1 Å². The zero-order valence-electron chi connectivity index (χ0n) is 10.5. The van der Waals surface area contributed by atoms with Crippen LogP contribution in [0, 0.1) is 11.6 Å². The summed E-state index contributed by atoms with van der Waals surface area (Å²) in [6.07, 6.45) is 0.588. The first-order chi connectivity index (χ1) is 9.47. The van der Waals surface area contributed by atoms with Gasteiger partial charge in [-0.3, -0.25) is 0 Å². The van der Waals surface area contributed by atoms with Crippen molar-refractivity contribution < 1.29 is 8.78 Å². The number of rotatable bonds is 4. The molecule has 0 saturated carbocycles. The van der Waals surface area contributed by atoms with E-state index < -0.39 is 6.04 Å². The van der Waals surface area contributed by atoms with E-state index in [0.717, 1.165) is 0 Å². The monoisotopic (exact) mass is 359 g/mol. The first kappa shape index (κ1) is 15.4. The second kappa shape index (κ2) is 6.66. The van der Waals surface area contributed by atoms with E-state index in [1.807, 2.05) is 0 Å². The third kappa shape index (κ3) is 3.78. The van der Waals surface area contributed by atoms with Gasteiger partial charge < -0.3 is 5.73 Å². The van der Waals surface area contributed by atoms with Gasteiger partial charge in [-0.2, -0.15) is 0 Å². The molecular formula is C15H13BrClF2N. The predicted molar refractivity (Wildman–Crippen MR) is 80.9 cm³/mol. The first-order valence-electron chi connectivity index (χ1n) is 6.09. The lowest BCUT2D eigenvalue weighted by atomic mass is 9.99. The van der Waals surface area contributed by atoms with Gasteiger partial charge in [0, 0.05) is 21.1 Å². The van der Waals surface area contributed by atoms with E-state index in [1.54, 1.807) is 24.3 Å². The van der Waals surface area contributed by atoms with Crippen LogP contribution in [0.15, 0.2) is 40.9 Å². The summed E-state index contributed by atoms with van der Waals surface area (Å²) in [4.78, 5) is 0. The molecule has 2 N–H and O–H groups in total. The number of halogens is 4. The van der Waals surface area contributed by atoms with E-state index in [1.165, 1.54) is 12.1 Å². The van der Waals surface area contributed by atoms with Gasteiger partial charge in [0.25, 0.3) is 0 Å². The van der Waals surface area contributed by atoms with Gasteiger partial charge in [-0.15, -0.1) is 0 Å². The van der Waals surface area contributed by atoms with Gasteiger partial charge in [0.1, 0.15) is 11.6 Å². The van der Waals surface area contributed by atoms with Gasteiger partial charge >= 0.3 is 0 Å². The van der Waals surface area contributed by atoms with Crippen LogP contribution in [0.5, 0.6) is 0 Å². The van der Waals surface area contributed by atoms with Crippen LogP contribution < -0.4 is 5.73 Å². The van der Waals surface area contributed by atoms with Crippen molar-refractivity contribution in [3.8, 4) is 0 Å². The highest BCUT2D eigenvalue weighted by molar-refractivity contribution is 9.10. The zero-order valence-corrected chi connectivity index (χ0v) is 12.9. The molecule has 0 aliphatic heterocycles. The molecule has 2 aromatic rings.